The predicted molar refractivity (Wildman–Crippen MR) is 138 cm³/mol. The fraction of sp³-hybridized carbons (Fsp3) is 0.286. The molecule has 1 amide bonds. The van der Waals surface area contributed by atoms with E-state index in [0.717, 1.165) is 49.2 Å². The minimum atomic E-state index is -0.837. The summed E-state index contributed by atoms with van der Waals surface area (Å²) in [7, 11) is 3.69. The van der Waals surface area contributed by atoms with Crippen LogP contribution >= 0.6 is 0 Å². The zero-order valence-electron chi connectivity index (χ0n) is 20.1. The van der Waals surface area contributed by atoms with E-state index in [4.69, 9.17) is 9.47 Å². The van der Waals surface area contributed by atoms with Crippen molar-refractivity contribution in [1.29, 1.82) is 0 Å². The molecule has 8 heteroatoms. The number of amides is 1. The maximum Gasteiger partial charge on any atom is 0.278 e. The highest BCUT2D eigenvalue weighted by Gasteiger charge is 2.53. The van der Waals surface area contributed by atoms with Gasteiger partial charge in [0.1, 0.15) is 18.1 Å². The predicted octanol–water partition coefficient (Wildman–Crippen LogP) is 4.39. The number of nitrogens with one attached hydrogen (secondary N) is 1. The number of phenolic OH excluding ortho intramolecular Hbond substituents is 1. The zero-order chi connectivity index (χ0) is 24.5. The quantitative estimate of drug-likeness (QED) is 0.391. The second kappa shape index (κ2) is 6.53. The Morgan fingerprint density at radius 3 is 2.78 bits per heavy atom. The molecule has 36 heavy (non-hydrogen) atoms. The molecule has 8 nitrogen and oxygen atoms in total. The molecule has 5 aromatic rings. The van der Waals surface area contributed by atoms with Crippen LogP contribution in [0.25, 0.3) is 43.6 Å². The Hall–Kier alpha value is -3.72. The van der Waals surface area contributed by atoms with Gasteiger partial charge in [0.15, 0.2) is 5.72 Å². The number of aromatic nitrogens is 2. The summed E-state index contributed by atoms with van der Waals surface area (Å²) >= 11 is 0. The normalized spacial score (nSPS) is 26.6. The molecule has 180 valence electrons. The van der Waals surface area contributed by atoms with Gasteiger partial charge in [0.25, 0.3) is 5.91 Å². The highest BCUT2D eigenvalue weighted by atomic mass is 16.6. The highest BCUT2D eigenvalue weighted by Crippen LogP contribution is 2.53. The van der Waals surface area contributed by atoms with Gasteiger partial charge in [-0.1, -0.05) is 18.2 Å². The van der Waals surface area contributed by atoms with Crippen molar-refractivity contribution in [3.05, 3.63) is 53.6 Å². The Kier molecular flexibility index (Phi) is 3.71. The van der Waals surface area contributed by atoms with Crippen molar-refractivity contribution >= 4 is 55.7 Å². The Balaban J connectivity index is 1.73. The Morgan fingerprint density at radius 2 is 1.97 bits per heavy atom. The van der Waals surface area contributed by atoms with Crippen molar-refractivity contribution in [2.24, 2.45) is 4.99 Å². The summed E-state index contributed by atoms with van der Waals surface area (Å²) in [6.45, 7) is 2.10. The molecule has 0 aliphatic carbocycles. The number of likely N-dealkylation sites (N-methyl/N-ethyl adjacent to an activating group) is 1. The molecule has 3 aliphatic rings. The summed E-state index contributed by atoms with van der Waals surface area (Å²) in [6.07, 6.45) is 1.78. The number of ether oxygens (including phenoxy) is 2. The number of nitrogens with zero attached hydrogens (tertiary/aromatic N) is 3. The molecule has 0 radical (unpaired) electrons. The van der Waals surface area contributed by atoms with E-state index < -0.39 is 5.72 Å². The van der Waals surface area contributed by atoms with Crippen molar-refractivity contribution in [2.45, 2.75) is 37.4 Å². The van der Waals surface area contributed by atoms with Crippen LogP contribution in [0.1, 0.15) is 35.5 Å². The lowest BCUT2D eigenvalue weighted by atomic mass is 9.93. The van der Waals surface area contributed by atoms with Crippen LogP contribution in [0.5, 0.6) is 5.75 Å². The molecular formula is C28H24N4O4. The van der Waals surface area contributed by atoms with Gasteiger partial charge < -0.3 is 29.0 Å². The van der Waals surface area contributed by atoms with Crippen LogP contribution in [-0.2, 0) is 15.2 Å². The van der Waals surface area contributed by atoms with Crippen LogP contribution in [0.15, 0.2) is 47.5 Å². The number of carbonyl (C=O) groups excluding carboxylic acids is 1. The fourth-order valence-corrected chi connectivity index (χ4v) is 7.18. The number of hydrogen-bond donors (Lipinski definition) is 2. The van der Waals surface area contributed by atoms with Crippen LogP contribution in [0, 0.1) is 0 Å². The van der Waals surface area contributed by atoms with Gasteiger partial charge in [-0.25, -0.2) is 4.99 Å². The Morgan fingerprint density at radius 1 is 1.14 bits per heavy atom. The Bertz CT molecular complexity index is 1850. The lowest BCUT2D eigenvalue weighted by Crippen LogP contribution is -2.59. The fourth-order valence-electron chi connectivity index (χ4n) is 7.18. The van der Waals surface area contributed by atoms with Crippen LogP contribution in [0.3, 0.4) is 0 Å². The number of hydrogen-bond acceptors (Lipinski definition) is 5. The van der Waals surface area contributed by atoms with Crippen LogP contribution in [-0.4, -0.2) is 52.7 Å². The maximum atomic E-state index is 13.3. The monoisotopic (exact) mass is 480 g/mol. The smallest absolute Gasteiger partial charge is 0.278 e. The second-order valence-electron chi connectivity index (χ2n) is 10.1. The molecule has 0 saturated carbocycles. The van der Waals surface area contributed by atoms with E-state index in [1.54, 1.807) is 25.5 Å². The third-order valence-corrected chi connectivity index (χ3v) is 8.48. The SMILES string of the molecule is CN[C@@H]1C[C@H]2O[C@@](C)([C@@H]1OC)n1c3ccccc3c3c4c(c5c6cc(O)ccc6n2c5c31)C(=O)N=C4. The first kappa shape index (κ1) is 20.5. The van der Waals surface area contributed by atoms with Gasteiger partial charge in [0.05, 0.1) is 27.6 Å². The molecule has 1 saturated heterocycles. The van der Waals surface area contributed by atoms with Crippen LogP contribution < -0.4 is 5.32 Å². The number of aliphatic imine (C=N–C) groups is 1. The first-order valence-electron chi connectivity index (χ1n) is 12.2. The highest BCUT2D eigenvalue weighted by molar-refractivity contribution is 6.36. The summed E-state index contributed by atoms with van der Waals surface area (Å²) in [6, 6.07) is 13.6. The van der Waals surface area contributed by atoms with Gasteiger partial charge in [0.2, 0.25) is 0 Å². The lowest BCUT2D eigenvalue weighted by molar-refractivity contribution is -0.256. The first-order valence-corrected chi connectivity index (χ1v) is 12.2. The molecule has 3 aliphatic heterocycles. The third kappa shape index (κ3) is 2.13. The molecular weight excluding hydrogens is 456 g/mol. The topological polar surface area (TPSA) is 90.0 Å². The third-order valence-electron chi connectivity index (χ3n) is 8.48. The number of fused-ring (bicyclic) bond motifs is 13. The molecule has 2 bridgehead atoms. The zero-order valence-corrected chi connectivity index (χ0v) is 20.1. The van der Waals surface area contributed by atoms with Gasteiger partial charge in [-0.2, -0.15) is 0 Å². The number of aromatic hydroxyl groups is 1. The van der Waals surface area contributed by atoms with Crippen molar-refractivity contribution in [3.8, 4) is 5.75 Å². The van der Waals surface area contributed by atoms with Crippen molar-refractivity contribution in [2.75, 3.05) is 14.2 Å². The number of benzene rings is 3. The van der Waals surface area contributed by atoms with Gasteiger partial charge in [-0.3, -0.25) is 4.79 Å². The summed E-state index contributed by atoms with van der Waals surface area (Å²) in [5, 5.41) is 17.6. The van der Waals surface area contributed by atoms with Gasteiger partial charge in [-0.15, -0.1) is 0 Å². The molecule has 8 rings (SSSR count). The average Bonchev–Trinajstić information content (AvgIpc) is 3.51. The van der Waals surface area contributed by atoms with Crippen LogP contribution in [0.4, 0.5) is 0 Å². The van der Waals surface area contributed by atoms with Gasteiger partial charge in [0, 0.05) is 52.9 Å². The molecule has 2 N–H and O–H groups in total. The molecule has 1 fully saturated rings. The number of para-hydroxylation sites is 1. The van der Waals surface area contributed by atoms with E-state index in [1.165, 1.54) is 0 Å². The minimum Gasteiger partial charge on any atom is -0.508 e. The van der Waals surface area contributed by atoms with E-state index >= 15 is 0 Å². The van der Waals surface area contributed by atoms with E-state index in [0.29, 0.717) is 12.0 Å². The average molecular weight is 481 g/mol. The summed E-state index contributed by atoms with van der Waals surface area (Å²) in [5.41, 5.74) is 4.41. The number of rotatable bonds is 2. The van der Waals surface area contributed by atoms with Gasteiger partial charge >= 0.3 is 0 Å². The van der Waals surface area contributed by atoms with Crippen molar-refractivity contribution in [3.63, 3.8) is 0 Å². The molecule has 0 unspecified atom stereocenters. The molecule has 5 heterocycles. The van der Waals surface area contributed by atoms with Crippen molar-refractivity contribution in [1.82, 2.24) is 14.5 Å². The van der Waals surface area contributed by atoms with E-state index in [2.05, 4.69) is 38.5 Å². The Labute approximate surface area is 205 Å². The molecule has 0 spiro atoms. The number of methoxy groups -OCH3 is 1. The van der Waals surface area contributed by atoms with E-state index in [9.17, 15) is 9.90 Å². The summed E-state index contributed by atoms with van der Waals surface area (Å²) < 4.78 is 17.7. The van der Waals surface area contributed by atoms with Crippen LogP contribution in [0.2, 0.25) is 0 Å². The standard InChI is InChI=1S/C28H24N4O4/c1-28-26(35-3)17(29-2)11-20(36-28)31-18-9-8-13(33)10-15(18)22-23-16(12-30-27(23)34)21-14-6-4-5-7-19(14)32(28)25(21)24(22)31/h4-10,12,17,20,26,29,33H,11H2,1-3H3/t17-,20-,26-,28+/m1/s1. The molecule has 3 aromatic carbocycles. The maximum absolute atomic E-state index is 13.3. The molecule has 4 atom stereocenters. The second-order valence-corrected chi connectivity index (χ2v) is 10.1. The number of phenols is 1. The van der Waals surface area contributed by atoms with E-state index in [1.807, 2.05) is 25.2 Å². The van der Waals surface area contributed by atoms with Crippen molar-refractivity contribution < 1.29 is 19.4 Å². The largest absolute Gasteiger partial charge is 0.508 e. The first-order chi connectivity index (χ1) is 17.5. The van der Waals surface area contributed by atoms with E-state index in [-0.39, 0.29) is 30.0 Å². The lowest BCUT2D eigenvalue weighted by Gasteiger charge is -2.48. The minimum absolute atomic E-state index is 0.0175. The summed E-state index contributed by atoms with van der Waals surface area (Å²) in [4.78, 5) is 17.5. The molecule has 2 aromatic heterocycles. The van der Waals surface area contributed by atoms with Gasteiger partial charge in [-0.05, 0) is 38.2 Å². The summed E-state index contributed by atoms with van der Waals surface area (Å²) in [5.74, 6) is -0.102. The number of carbonyl (C=O) groups is 1.